The number of sulfonamides is 1. The summed E-state index contributed by atoms with van der Waals surface area (Å²) in [4.78, 5) is 25.6. The Morgan fingerprint density at radius 3 is 2.36 bits per heavy atom. The van der Waals surface area contributed by atoms with Crippen molar-refractivity contribution < 1.29 is 18.0 Å². The third-order valence-corrected chi connectivity index (χ3v) is 6.45. The van der Waals surface area contributed by atoms with Gasteiger partial charge in [0.05, 0.1) is 16.9 Å². The van der Waals surface area contributed by atoms with E-state index < -0.39 is 10.0 Å². The predicted octanol–water partition coefficient (Wildman–Crippen LogP) is 0.720. The Balaban J connectivity index is 1.54. The van der Waals surface area contributed by atoms with E-state index in [0.29, 0.717) is 17.7 Å². The van der Waals surface area contributed by atoms with E-state index >= 15 is 0 Å². The van der Waals surface area contributed by atoms with Crippen molar-refractivity contribution in [1.29, 1.82) is 0 Å². The molecule has 2 atom stereocenters. The number of nitrogens with zero attached hydrogens (tertiary/aromatic N) is 1. The van der Waals surface area contributed by atoms with Crippen molar-refractivity contribution in [3.05, 3.63) is 35.4 Å². The van der Waals surface area contributed by atoms with Crippen LogP contribution in [0.25, 0.3) is 0 Å². The van der Waals surface area contributed by atoms with Crippen LogP contribution >= 0.6 is 0 Å². The quantitative estimate of drug-likeness (QED) is 0.692. The molecule has 7 nitrogen and oxygen atoms in total. The van der Waals surface area contributed by atoms with Crippen molar-refractivity contribution in [2.24, 2.45) is 11.7 Å². The van der Waals surface area contributed by atoms with E-state index in [1.807, 2.05) is 0 Å². The molecule has 25 heavy (non-hydrogen) atoms. The SMILES string of the molecule is NCC1CCCC1NS(=O)(=O)CCCN1C(=O)c2ccccc2C1=O. The second kappa shape index (κ2) is 7.23. The van der Waals surface area contributed by atoms with Crippen LogP contribution in [0.2, 0.25) is 0 Å². The van der Waals surface area contributed by atoms with Gasteiger partial charge in [-0.25, -0.2) is 13.1 Å². The number of imide groups is 1. The van der Waals surface area contributed by atoms with Crippen LogP contribution in [0.4, 0.5) is 0 Å². The molecule has 2 amide bonds. The second-order valence-electron chi connectivity index (χ2n) is 6.63. The fourth-order valence-electron chi connectivity index (χ4n) is 3.62. The molecule has 0 radical (unpaired) electrons. The topological polar surface area (TPSA) is 110 Å². The van der Waals surface area contributed by atoms with Gasteiger partial charge in [-0.2, -0.15) is 0 Å². The van der Waals surface area contributed by atoms with E-state index in [0.717, 1.165) is 24.2 Å². The highest BCUT2D eigenvalue weighted by molar-refractivity contribution is 7.89. The molecule has 1 aliphatic carbocycles. The zero-order valence-corrected chi connectivity index (χ0v) is 14.8. The van der Waals surface area contributed by atoms with Gasteiger partial charge in [0.15, 0.2) is 0 Å². The Kier molecular flexibility index (Phi) is 5.21. The molecule has 0 saturated heterocycles. The van der Waals surface area contributed by atoms with Crippen molar-refractivity contribution >= 4 is 21.8 Å². The van der Waals surface area contributed by atoms with Crippen LogP contribution in [0.1, 0.15) is 46.4 Å². The van der Waals surface area contributed by atoms with Crippen molar-refractivity contribution in [3.8, 4) is 0 Å². The molecule has 3 rings (SSSR count). The minimum atomic E-state index is -3.46. The third-order valence-electron chi connectivity index (χ3n) is 4.97. The number of nitrogens with one attached hydrogen (secondary N) is 1. The van der Waals surface area contributed by atoms with Crippen LogP contribution in [0.5, 0.6) is 0 Å². The number of benzene rings is 1. The van der Waals surface area contributed by atoms with Crippen LogP contribution in [-0.4, -0.2) is 50.0 Å². The molecule has 0 aromatic heterocycles. The first-order valence-corrected chi connectivity index (χ1v) is 10.2. The Labute approximate surface area is 147 Å². The lowest BCUT2D eigenvalue weighted by Gasteiger charge is -2.20. The lowest BCUT2D eigenvalue weighted by atomic mass is 10.1. The van der Waals surface area contributed by atoms with Crippen LogP contribution in [0.15, 0.2) is 24.3 Å². The summed E-state index contributed by atoms with van der Waals surface area (Å²) in [5.41, 5.74) is 6.44. The summed E-state index contributed by atoms with van der Waals surface area (Å²) < 4.78 is 27.3. The van der Waals surface area contributed by atoms with Gasteiger partial charge in [-0.3, -0.25) is 14.5 Å². The fourth-order valence-corrected chi connectivity index (χ4v) is 5.02. The summed E-state index contributed by atoms with van der Waals surface area (Å²) in [6, 6.07) is 6.53. The lowest BCUT2D eigenvalue weighted by molar-refractivity contribution is 0.0654. The zero-order valence-electron chi connectivity index (χ0n) is 14.0. The Morgan fingerprint density at radius 1 is 1.12 bits per heavy atom. The smallest absolute Gasteiger partial charge is 0.261 e. The van der Waals surface area contributed by atoms with Gasteiger partial charge < -0.3 is 5.73 Å². The fraction of sp³-hybridized carbons (Fsp3) is 0.529. The maximum absolute atomic E-state index is 12.3. The monoisotopic (exact) mass is 365 g/mol. The highest BCUT2D eigenvalue weighted by Gasteiger charge is 2.35. The average molecular weight is 365 g/mol. The molecule has 0 spiro atoms. The molecule has 1 saturated carbocycles. The van der Waals surface area contributed by atoms with Gasteiger partial charge in [0, 0.05) is 12.6 Å². The normalized spacial score (nSPS) is 23.3. The van der Waals surface area contributed by atoms with Crippen LogP contribution in [0.3, 0.4) is 0 Å². The highest BCUT2D eigenvalue weighted by Crippen LogP contribution is 2.25. The van der Waals surface area contributed by atoms with E-state index in [1.54, 1.807) is 24.3 Å². The van der Waals surface area contributed by atoms with E-state index in [9.17, 15) is 18.0 Å². The molecule has 1 aromatic rings. The molecule has 8 heteroatoms. The zero-order chi connectivity index (χ0) is 18.0. The number of carbonyl (C=O) groups excluding carboxylic acids is 2. The number of nitrogens with two attached hydrogens (primary N) is 1. The van der Waals surface area contributed by atoms with Gasteiger partial charge in [-0.1, -0.05) is 18.6 Å². The standard InChI is InChI=1S/C17H23N3O4S/c18-11-12-5-3-8-15(12)19-25(23,24)10-4-9-20-16(21)13-6-1-2-7-14(13)17(20)22/h1-2,6-7,12,15,19H,3-5,8-11,18H2. The van der Waals surface area contributed by atoms with E-state index in [-0.39, 0.29) is 42.5 Å². The largest absolute Gasteiger partial charge is 0.330 e. The van der Waals surface area contributed by atoms with Gasteiger partial charge in [0.1, 0.15) is 0 Å². The van der Waals surface area contributed by atoms with Crippen molar-refractivity contribution in [2.45, 2.75) is 31.7 Å². The Bertz CT molecular complexity index is 743. The minimum Gasteiger partial charge on any atom is -0.330 e. The van der Waals surface area contributed by atoms with Crippen LogP contribution in [-0.2, 0) is 10.0 Å². The number of carbonyl (C=O) groups is 2. The third kappa shape index (κ3) is 3.75. The van der Waals surface area contributed by atoms with Crippen LogP contribution in [0, 0.1) is 5.92 Å². The summed E-state index contributed by atoms with van der Waals surface area (Å²) in [5, 5.41) is 0. The van der Waals surface area contributed by atoms with E-state index in [4.69, 9.17) is 5.73 Å². The highest BCUT2D eigenvalue weighted by atomic mass is 32.2. The maximum atomic E-state index is 12.3. The maximum Gasteiger partial charge on any atom is 0.261 e. The van der Waals surface area contributed by atoms with Gasteiger partial charge in [0.2, 0.25) is 10.0 Å². The summed E-state index contributed by atoms with van der Waals surface area (Å²) in [7, 11) is -3.46. The molecule has 1 heterocycles. The molecule has 1 aliphatic heterocycles. The van der Waals surface area contributed by atoms with E-state index in [1.165, 1.54) is 0 Å². The summed E-state index contributed by atoms with van der Waals surface area (Å²) in [5.74, 6) is -0.644. The number of rotatable bonds is 7. The van der Waals surface area contributed by atoms with Crippen molar-refractivity contribution in [3.63, 3.8) is 0 Å². The number of fused-ring (bicyclic) bond motifs is 1. The van der Waals surface area contributed by atoms with Gasteiger partial charge in [0.25, 0.3) is 11.8 Å². The summed E-state index contributed by atoms with van der Waals surface area (Å²) in [6.07, 6.45) is 2.93. The van der Waals surface area contributed by atoms with E-state index in [2.05, 4.69) is 4.72 Å². The minimum absolute atomic E-state index is 0.0955. The molecular formula is C17H23N3O4S. The summed E-state index contributed by atoms with van der Waals surface area (Å²) >= 11 is 0. The number of hydrogen-bond donors (Lipinski definition) is 2. The molecule has 1 fully saturated rings. The Morgan fingerprint density at radius 2 is 1.76 bits per heavy atom. The summed E-state index contributed by atoms with van der Waals surface area (Å²) in [6.45, 7) is 0.570. The molecule has 136 valence electrons. The molecular weight excluding hydrogens is 342 g/mol. The first-order chi connectivity index (χ1) is 11.9. The molecule has 1 aromatic carbocycles. The predicted molar refractivity (Wildman–Crippen MR) is 93.5 cm³/mol. The van der Waals surface area contributed by atoms with Gasteiger partial charge >= 0.3 is 0 Å². The number of hydrogen-bond acceptors (Lipinski definition) is 5. The van der Waals surface area contributed by atoms with Crippen LogP contribution < -0.4 is 10.5 Å². The first-order valence-electron chi connectivity index (χ1n) is 8.58. The van der Waals surface area contributed by atoms with Crippen molar-refractivity contribution in [2.75, 3.05) is 18.8 Å². The second-order valence-corrected chi connectivity index (χ2v) is 8.50. The molecule has 2 aliphatic rings. The average Bonchev–Trinajstić information content (AvgIpc) is 3.12. The molecule has 0 bridgehead atoms. The van der Waals surface area contributed by atoms with Crippen molar-refractivity contribution in [1.82, 2.24) is 9.62 Å². The molecule has 2 unspecified atom stereocenters. The van der Waals surface area contributed by atoms with Gasteiger partial charge in [-0.05, 0) is 43.9 Å². The Hall–Kier alpha value is -1.77. The molecule has 3 N–H and O–H groups in total. The number of amides is 2. The lowest BCUT2D eigenvalue weighted by Crippen LogP contribution is -2.41. The van der Waals surface area contributed by atoms with Gasteiger partial charge in [-0.15, -0.1) is 0 Å². The first kappa shape index (κ1) is 18.0.